The molecular weight excluding hydrogens is 426 g/mol. The van der Waals surface area contributed by atoms with Crippen molar-refractivity contribution >= 4 is 38.6 Å². The smallest absolute Gasteiger partial charge is 0.292 e. The van der Waals surface area contributed by atoms with Crippen LogP contribution in [0, 0.1) is 5.92 Å². The molecule has 30 heavy (non-hydrogen) atoms. The van der Waals surface area contributed by atoms with Crippen LogP contribution >= 0.6 is 11.3 Å². The predicted molar refractivity (Wildman–Crippen MR) is 109 cm³/mol. The van der Waals surface area contributed by atoms with E-state index in [4.69, 9.17) is 9.47 Å². The zero-order valence-electron chi connectivity index (χ0n) is 16.4. The van der Waals surface area contributed by atoms with E-state index in [-0.39, 0.29) is 20.8 Å². The Bertz CT molecular complexity index is 1140. The Kier molecular flexibility index (Phi) is 4.62. The van der Waals surface area contributed by atoms with E-state index in [2.05, 4.69) is 0 Å². The molecule has 3 aliphatic rings. The van der Waals surface area contributed by atoms with Crippen molar-refractivity contribution in [2.75, 3.05) is 24.7 Å². The van der Waals surface area contributed by atoms with E-state index in [1.54, 1.807) is 11.0 Å². The van der Waals surface area contributed by atoms with Gasteiger partial charge >= 0.3 is 0 Å². The number of nitrogens with zero attached hydrogens (tertiary/aromatic N) is 1. The van der Waals surface area contributed by atoms with Crippen LogP contribution in [0.3, 0.4) is 0 Å². The Morgan fingerprint density at radius 1 is 1.20 bits per heavy atom. The fraction of sp³-hybridized carbons (Fsp3) is 0.429. The third-order valence-electron chi connectivity index (χ3n) is 5.68. The number of benzene rings is 1. The first kappa shape index (κ1) is 19.9. The van der Waals surface area contributed by atoms with Crippen LogP contribution in [0.1, 0.15) is 41.4 Å². The molecule has 2 aromatic rings. The molecule has 1 amide bonds. The first-order chi connectivity index (χ1) is 14.3. The summed E-state index contributed by atoms with van der Waals surface area (Å²) in [7, 11) is -3.85. The Morgan fingerprint density at radius 3 is 2.57 bits per heavy atom. The zero-order valence-corrected chi connectivity index (χ0v) is 18.1. The number of sulfone groups is 1. The SMILES string of the molecule is CC(=O)c1ccc(S(=O)(=O)c2ccc3c(c2)C2(OCCCO2)C(=O)N3CC2CC2)s1. The highest BCUT2D eigenvalue weighted by Crippen LogP contribution is 2.48. The van der Waals surface area contributed by atoms with Crippen molar-refractivity contribution in [1.29, 1.82) is 0 Å². The number of hydrogen-bond donors (Lipinski definition) is 0. The first-order valence-electron chi connectivity index (χ1n) is 9.93. The molecule has 2 fully saturated rings. The number of hydrogen-bond acceptors (Lipinski definition) is 7. The fourth-order valence-electron chi connectivity index (χ4n) is 3.90. The van der Waals surface area contributed by atoms with Gasteiger partial charge in [0.05, 0.1) is 28.7 Å². The molecule has 0 radical (unpaired) electrons. The van der Waals surface area contributed by atoms with E-state index in [0.717, 1.165) is 24.2 Å². The van der Waals surface area contributed by atoms with Gasteiger partial charge in [-0.3, -0.25) is 9.59 Å². The number of carbonyl (C=O) groups is 2. The summed E-state index contributed by atoms with van der Waals surface area (Å²) in [5.41, 5.74) is 1.08. The number of amides is 1. The molecule has 1 saturated carbocycles. The van der Waals surface area contributed by atoms with Crippen LogP contribution in [0.4, 0.5) is 5.69 Å². The minimum absolute atomic E-state index is 0.0522. The molecule has 3 heterocycles. The lowest BCUT2D eigenvalue weighted by Gasteiger charge is -2.32. The van der Waals surface area contributed by atoms with Crippen LogP contribution in [-0.2, 0) is 29.9 Å². The van der Waals surface area contributed by atoms with Gasteiger partial charge in [0.1, 0.15) is 4.21 Å². The Hall–Kier alpha value is -2.07. The first-order valence-corrected chi connectivity index (χ1v) is 12.2. The van der Waals surface area contributed by atoms with E-state index < -0.39 is 15.6 Å². The summed E-state index contributed by atoms with van der Waals surface area (Å²) in [5.74, 6) is -1.58. The van der Waals surface area contributed by atoms with Gasteiger partial charge in [-0.25, -0.2) is 8.42 Å². The normalized spacial score (nSPS) is 20.6. The van der Waals surface area contributed by atoms with Gasteiger partial charge in [0.25, 0.3) is 11.7 Å². The molecule has 0 unspecified atom stereocenters. The van der Waals surface area contributed by atoms with Crippen LogP contribution in [-0.4, -0.2) is 39.9 Å². The maximum Gasteiger partial charge on any atom is 0.292 e. The van der Waals surface area contributed by atoms with Gasteiger partial charge in [-0.2, -0.15) is 0 Å². The molecule has 1 aliphatic carbocycles. The number of ether oxygens (including phenoxy) is 2. The molecule has 1 saturated heterocycles. The average molecular weight is 448 g/mol. The van der Waals surface area contributed by atoms with Gasteiger partial charge in [-0.15, -0.1) is 11.3 Å². The molecular formula is C21H21NO6S2. The quantitative estimate of drug-likeness (QED) is 0.654. The Balaban J connectivity index is 1.60. The number of fused-ring (bicyclic) bond motifs is 2. The third-order valence-corrected chi connectivity index (χ3v) is 9.11. The largest absolute Gasteiger partial charge is 0.338 e. The van der Waals surface area contributed by atoms with Gasteiger partial charge in [0.15, 0.2) is 5.78 Å². The number of anilines is 1. The Labute approximate surface area is 178 Å². The third kappa shape index (κ3) is 3.03. The lowest BCUT2D eigenvalue weighted by molar-refractivity contribution is -0.256. The molecule has 2 aliphatic heterocycles. The van der Waals surface area contributed by atoms with Crippen molar-refractivity contribution in [2.24, 2.45) is 5.92 Å². The van der Waals surface area contributed by atoms with Crippen LogP contribution in [0.25, 0.3) is 0 Å². The second-order valence-electron chi connectivity index (χ2n) is 7.88. The lowest BCUT2D eigenvalue weighted by Crippen LogP contribution is -2.47. The molecule has 9 heteroatoms. The van der Waals surface area contributed by atoms with Crippen molar-refractivity contribution in [3.8, 4) is 0 Å². The number of ketones is 1. The van der Waals surface area contributed by atoms with Crippen molar-refractivity contribution in [3.63, 3.8) is 0 Å². The summed E-state index contributed by atoms with van der Waals surface area (Å²) >= 11 is 0.944. The zero-order chi connectivity index (χ0) is 21.1. The van der Waals surface area contributed by atoms with Gasteiger partial charge in [0, 0.05) is 12.1 Å². The summed E-state index contributed by atoms with van der Waals surface area (Å²) in [6, 6.07) is 7.63. The minimum atomic E-state index is -3.85. The van der Waals surface area contributed by atoms with Crippen LogP contribution in [0.15, 0.2) is 39.4 Å². The molecule has 158 valence electrons. The Morgan fingerprint density at radius 2 is 1.93 bits per heavy atom. The van der Waals surface area contributed by atoms with Crippen molar-refractivity contribution in [2.45, 2.75) is 41.1 Å². The monoisotopic (exact) mass is 447 g/mol. The van der Waals surface area contributed by atoms with Crippen molar-refractivity contribution in [3.05, 3.63) is 40.8 Å². The maximum atomic E-state index is 13.3. The molecule has 1 aromatic carbocycles. The summed E-state index contributed by atoms with van der Waals surface area (Å²) in [6.45, 7) is 2.72. The van der Waals surface area contributed by atoms with Gasteiger partial charge in [-0.05, 0) is 62.4 Å². The molecule has 7 nitrogen and oxygen atoms in total. The summed E-state index contributed by atoms with van der Waals surface area (Å²) in [4.78, 5) is 27.0. The maximum absolute atomic E-state index is 13.3. The van der Waals surface area contributed by atoms with E-state index in [1.807, 2.05) is 0 Å². The predicted octanol–water partition coefficient (Wildman–Crippen LogP) is 3.13. The minimum Gasteiger partial charge on any atom is -0.338 e. The molecule has 0 atom stereocenters. The summed E-state index contributed by atoms with van der Waals surface area (Å²) in [5, 5.41) is 0. The second-order valence-corrected chi connectivity index (χ2v) is 11.1. The van der Waals surface area contributed by atoms with Crippen molar-refractivity contribution < 1.29 is 27.5 Å². The highest BCUT2D eigenvalue weighted by Gasteiger charge is 2.55. The van der Waals surface area contributed by atoms with Gasteiger partial charge in [0.2, 0.25) is 9.84 Å². The highest BCUT2D eigenvalue weighted by molar-refractivity contribution is 7.93. The molecule has 0 bridgehead atoms. The average Bonchev–Trinajstić information content (AvgIpc) is 3.36. The topological polar surface area (TPSA) is 90.0 Å². The van der Waals surface area contributed by atoms with Crippen molar-refractivity contribution in [1.82, 2.24) is 0 Å². The fourth-order valence-corrected chi connectivity index (χ4v) is 6.53. The van der Waals surface area contributed by atoms with Crippen LogP contribution < -0.4 is 4.90 Å². The van der Waals surface area contributed by atoms with Crippen LogP contribution in [0.2, 0.25) is 0 Å². The molecule has 1 spiro atoms. The van der Waals surface area contributed by atoms with E-state index in [9.17, 15) is 18.0 Å². The standard InChI is InChI=1S/C21H21NO6S2/c1-13(23)18-7-8-19(29-18)30(25,26)15-5-6-17-16(11-15)21(27-9-2-10-28-21)20(24)22(17)12-14-3-4-14/h5-8,11,14H,2-4,9-10,12H2,1H3. The molecule has 5 rings (SSSR count). The molecule has 1 aromatic heterocycles. The van der Waals surface area contributed by atoms with Crippen LogP contribution in [0.5, 0.6) is 0 Å². The van der Waals surface area contributed by atoms with Gasteiger partial charge < -0.3 is 14.4 Å². The number of Topliss-reactive ketones (excluding diaryl/α,β-unsaturated/α-hetero) is 1. The second kappa shape index (κ2) is 6.98. The lowest BCUT2D eigenvalue weighted by atomic mass is 10.1. The summed E-state index contributed by atoms with van der Waals surface area (Å²) < 4.78 is 38.2. The van der Waals surface area contributed by atoms with E-state index >= 15 is 0 Å². The highest BCUT2D eigenvalue weighted by atomic mass is 32.2. The van der Waals surface area contributed by atoms with E-state index in [1.165, 1.54) is 31.2 Å². The molecule has 0 N–H and O–H groups in total. The van der Waals surface area contributed by atoms with Gasteiger partial charge in [-0.1, -0.05) is 0 Å². The number of rotatable bonds is 5. The number of carbonyl (C=O) groups excluding carboxylic acids is 2. The van der Waals surface area contributed by atoms with E-state index in [0.29, 0.717) is 48.2 Å². The number of thiophene rings is 1. The summed E-state index contributed by atoms with van der Waals surface area (Å²) in [6.07, 6.45) is 2.84.